The van der Waals surface area contributed by atoms with E-state index in [-0.39, 0.29) is 0 Å². The SMILES string of the molecule is C[C](C)c1cc(Cl)c(Cl)c(Cl)c1. The average molecular weight is 223 g/mol. The van der Waals surface area contributed by atoms with Crippen LogP contribution in [-0.4, -0.2) is 0 Å². The summed E-state index contributed by atoms with van der Waals surface area (Å²) in [6.07, 6.45) is 0. The minimum absolute atomic E-state index is 0.420. The summed E-state index contributed by atoms with van der Waals surface area (Å²) in [5.74, 6) is 1.16. The molecule has 65 valence electrons. The molecule has 1 aromatic carbocycles. The molecule has 0 atom stereocenters. The summed E-state index contributed by atoms with van der Waals surface area (Å²) in [4.78, 5) is 0. The second kappa shape index (κ2) is 3.87. The fraction of sp³-hybridized carbons (Fsp3) is 0.222. The Labute approximate surface area is 87.4 Å². The van der Waals surface area contributed by atoms with Gasteiger partial charge >= 0.3 is 0 Å². The highest BCUT2D eigenvalue weighted by molar-refractivity contribution is 6.48. The van der Waals surface area contributed by atoms with Crippen LogP contribution in [0.15, 0.2) is 12.1 Å². The fourth-order valence-electron chi connectivity index (χ4n) is 0.844. The third-order valence-electron chi connectivity index (χ3n) is 1.56. The maximum atomic E-state index is 5.83. The Hall–Kier alpha value is 0.0900. The smallest absolute Gasteiger partial charge is 0.0778 e. The van der Waals surface area contributed by atoms with E-state index in [1.165, 1.54) is 0 Å². The normalized spacial score (nSPS) is 10.8. The molecule has 0 bridgehead atoms. The first-order valence-electron chi connectivity index (χ1n) is 3.47. The molecule has 1 aromatic rings. The molecule has 0 aliphatic rings. The van der Waals surface area contributed by atoms with Crippen LogP contribution in [0.5, 0.6) is 0 Å². The van der Waals surface area contributed by atoms with Crippen molar-refractivity contribution in [2.45, 2.75) is 13.8 Å². The number of benzene rings is 1. The zero-order valence-corrected chi connectivity index (χ0v) is 9.06. The predicted molar refractivity (Wildman–Crippen MR) is 55.2 cm³/mol. The van der Waals surface area contributed by atoms with E-state index in [0.29, 0.717) is 15.1 Å². The van der Waals surface area contributed by atoms with Crippen molar-refractivity contribution in [1.82, 2.24) is 0 Å². The maximum Gasteiger partial charge on any atom is 0.0778 e. The molecule has 3 heteroatoms. The topological polar surface area (TPSA) is 0 Å². The molecule has 0 saturated heterocycles. The summed E-state index contributed by atoms with van der Waals surface area (Å²) in [6.45, 7) is 3.99. The summed E-state index contributed by atoms with van der Waals surface area (Å²) >= 11 is 17.4. The Morgan fingerprint density at radius 3 is 1.75 bits per heavy atom. The van der Waals surface area contributed by atoms with Crippen LogP contribution in [0.25, 0.3) is 0 Å². The number of hydrogen-bond acceptors (Lipinski definition) is 0. The van der Waals surface area contributed by atoms with Crippen LogP contribution in [0.3, 0.4) is 0 Å². The first kappa shape index (κ1) is 10.2. The molecular formula is C9H8Cl3. The molecule has 0 unspecified atom stereocenters. The van der Waals surface area contributed by atoms with Crippen molar-refractivity contribution in [3.63, 3.8) is 0 Å². The second-order valence-electron chi connectivity index (χ2n) is 2.75. The summed E-state index contributed by atoms with van der Waals surface area (Å²) in [7, 11) is 0. The monoisotopic (exact) mass is 221 g/mol. The van der Waals surface area contributed by atoms with Crippen molar-refractivity contribution >= 4 is 34.8 Å². The average Bonchev–Trinajstić information content (AvgIpc) is 1.99. The van der Waals surface area contributed by atoms with Crippen LogP contribution in [-0.2, 0) is 0 Å². The van der Waals surface area contributed by atoms with Gasteiger partial charge in [-0.05, 0) is 23.6 Å². The largest absolute Gasteiger partial charge is 0.0826 e. The van der Waals surface area contributed by atoms with Gasteiger partial charge in [0, 0.05) is 0 Å². The Balaban J connectivity index is 3.21. The number of halogens is 3. The standard InChI is InChI=1S/C9H8Cl3/c1-5(2)6-3-7(10)9(12)8(11)4-6/h3-4H,1-2H3. The van der Waals surface area contributed by atoms with Crippen LogP contribution < -0.4 is 0 Å². The lowest BCUT2D eigenvalue weighted by Gasteiger charge is -2.07. The minimum atomic E-state index is 0.420. The Morgan fingerprint density at radius 1 is 1.00 bits per heavy atom. The first-order valence-corrected chi connectivity index (χ1v) is 4.61. The molecule has 0 aromatic heterocycles. The quantitative estimate of drug-likeness (QED) is 0.609. The van der Waals surface area contributed by atoms with Gasteiger partial charge in [0.2, 0.25) is 0 Å². The first-order chi connectivity index (χ1) is 5.52. The van der Waals surface area contributed by atoms with Gasteiger partial charge in [0.1, 0.15) is 0 Å². The van der Waals surface area contributed by atoms with E-state index in [4.69, 9.17) is 34.8 Å². The third-order valence-corrected chi connectivity index (χ3v) is 2.76. The molecule has 0 heterocycles. The molecule has 0 saturated carbocycles. The van der Waals surface area contributed by atoms with Crippen LogP contribution in [0.1, 0.15) is 19.4 Å². The summed E-state index contributed by atoms with van der Waals surface area (Å²) < 4.78 is 0. The Morgan fingerprint density at radius 2 is 1.42 bits per heavy atom. The second-order valence-corrected chi connectivity index (χ2v) is 3.95. The van der Waals surface area contributed by atoms with Gasteiger partial charge in [0.05, 0.1) is 15.1 Å². The molecule has 1 radical (unpaired) electrons. The van der Waals surface area contributed by atoms with Gasteiger partial charge in [-0.1, -0.05) is 48.7 Å². The van der Waals surface area contributed by atoms with Crippen LogP contribution in [0.4, 0.5) is 0 Å². The third kappa shape index (κ3) is 2.07. The Bertz CT molecular complexity index is 269. The van der Waals surface area contributed by atoms with E-state index in [1.54, 1.807) is 0 Å². The molecule has 0 amide bonds. The highest BCUT2D eigenvalue weighted by Crippen LogP contribution is 2.33. The fourth-order valence-corrected chi connectivity index (χ4v) is 1.44. The van der Waals surface area contributed by atoms with E-state index in [1.807, 2.05) is 26.0 Å². The van der Waals surface area contributed by atoms with E-state index in [0.717, 1.165) is 11.5 Å². The van der Waals surface area contributed by atoms with Gasteiger partial charge in [-0.25, -0.2) is 0 Å². The van der Waals surface area contributed by atoms with Crippen molar-refractivity contribution in [1.29, 1.82) is 0 Å². The lowest BCUT2D eigenvalue weighted by molar-refractivity contribution is 1.15. The van der Waals surface area contributed by atoms with Crippen LogP contribution in [0.2, 0.25) is 15.1 Å². The number of rotatable bonds is 1. The molecule has 0 aliphatic heterocycles. The van der Waals surface area contributed by atoms with Crippen molar-refractivity contribution in [3.05, 3.63) is 38.7 Å². The maximum absolute atomic E-state index is 5.83. The Kier molecular flexibility index (Phi) is 3.28. The molecule has 1 rings (SSSR count). The molecule has 0 N–H and O–H groups in total. The van der Waals surface area contributed by atoms with Gasteiger partial charge in [-0.2, -0.15) is 0 Å². The van der Waals surface area contributed by atoms with Crippen molar-refractivity contribution in [2.75, 3.05) is 0 Å². The van der Waals surface area contributed by atoms with Crippen LogP contribution >= 0.6 is 34.8 Å². The van der Waals surface area contributed by atoms with Gasteiger partial charge in [0.15, 0.2) is 0 Å². The van der Waals surface area contributed by atoms with Crippen molar-refractivity contribution in [2.24, 2.45) is 0 Å². The molecule has 12 heavy (non-hydrogen) atoms. The van der Waals surface area contributed by atoms with Gasteiger partial charge in [0.25, 0.3) is 0 Å². The highest BCUT2D eigenvalue weighted by Gasteiger charge is 2.07. The van der Waals surface area contributed by atoms with E-state index < -0.39 is 0 Å². The minimum Gasteiger partial charge on any atom is -0.0826 e. The highest BCUT2D eigenvalue weighted by atomic mass is 35.5. The lowest BCUT2D eigenvalue weighted by atomic mass is 10.0. The zero-order valence-electron chi connectivity index (χ0n) is 6.79. The predicted octanol–water partition coefficient (Wildman–Crippen LogP) is 4.61. The molecule has 0 spiro atoms. The summed E-state index contributed by atoms with van der Waals surface area (Å²) in [5.41, 5.74) is 1.02. The molecule has 0 nitrogen and oxygen atoms in total. The molecule has 0 fully saturated rings. The molecular weight excluding hydrogens is 214 g/mol. The van der Waals surface area contributed by atoms with E-state index in [9.17, 15) is 0 Å². The molecule has 0 aliphatic carbocycles. The van der Waals surface area contributed by atoms with Crippen molar-refractivity contribution < 1.29 is 0 Å². The van der Waals surface area contributed by atoms with Gasteiger partial charge in [-0.3, -0.25) is 0 Å². The lowest BCUT2D eigenvalue weighted by Crippen LogP contribution is -1.88. The van der Waals surface area contributed by atoms with E-state index >= 15 is 0 Å². The summed E-state index contributed by atoms with van der Waals surface area (Å²) in [6, 6.07) is 3.62. The van der Waals surface area contributed by atoms with Gasteiger partial charge < -0.3 is 0 Å². The van der Waals surface area contributed by atoms with Crippen LogP contribution in [0, 0.1) is 5.92 Å². The van der Waals surface area contributed by atoms with Crippen molar-refractivity contribution in [3.8, 4) is 0 Å². The van der Waals surface area contributed by atoms with Gasteiger partial charge in [-0.15, -0.1) is 0 Å². The summed E-state index contributed by atoms with van der Waals surface area (Å²) in [5, 5.41) is 1.42. The van der Waals surface area contributed by atoms with E-state index in [2.05, 4.69) is 0 Å². The number of hydrogen-bond donors (Lipinski definition) is 0. The zero-order chi connectivity index (χ0) is 9.30.